The summed E-state index contributed by atoms with van der Waals surface area (Å²) in [6, 6.07) is 0. The van der Waals surface area contributed by atoms with Gasteiger partial charge in [-0.25, -0.2) is 0 Å². The van der Waals surface area contributed by atoms with Crippen LogP contribution in [0.25, 0.3) is 0 Å². The molecule has 0 amide bonds. The fourth-order valence-electron chi connectivity index (χ4n) is 1.16. The lowest BCUT2D eigenvalue weighted by Gasteiger charge is -2.32. The zero-order valence-electron chi connectivity index (χ0n) is 9.22. The number of hydrogen-bond acceptors (Lipinski definition) is 3. The van der Waals surface area contributed by atoms with Crippen molar-refractivity contribution in [1.29, 1.82) is 0 Å². The molecule has 76 valence electrons. The van der Waals surface area contributed by atoms with Crippen molar-refractivity contribution in [2.24, 2.45) is 4.99 Å². The Bertz CT molecular complexity index is 194. The van der Waals surface area contributed by atoms with Crippen molar-refractivity contribution in [2.45, 2.75) is 32.2 Å². The summed E-state index contributed by atoms with van der Waals surface area (Å²) < 4.78 is 0. The quantitative estimate of drug-likeness (QED) is 0.710. The molecule has 0 saturated carbocycles. The fraction of sp³-hybridized carbons (Fsp3) is 0.900. The summed E-state index contributed by atoms with van der Waals surface area (Å²) in [6.45, 7) is 6.44. The van der Waals surface area contributed by atoms with Crippen molar-refractivity contribution in [3.05, 3.63) is 0 Å². The van der Waals surface area contributed by atoms with E-state index in [1.54, 1.807) is 0 Å². The molecule has 1 rings (SSSR count). The maximum Gasteiger partial charge on any atom is 0.0964 e. The molecule has 1 aliphatic heterocycles. The summed E-state index contributed by atoms with van der Waals surface area (Å²) in [6.07, 6.45) is 2.34. The van der Waals surface area contributed by atoms with Gasteiger partial charge in [0.05, 0.1) is 5.84 Å². The summed E-state index contributed by atoms with van der Waals surface area (Å²) in [4.78, 5) is 6.62. The topological polar surface area (TPSA) is 27.6 Å². The molecule has 3 heteroatoms. The maximum atomic E-state index is 4.39. The predicted molar refractivity (Wildman–Crippen MR) is 57.3 cm³/mol. The van der Waals surface area contributed by atoms with E-state index in [2.05, 4.69) is 43.2 Å². The van der Waals surface area contributed by atoms with E-state index in [9.17, 15) is 0 Å². The van der Waals surface area contributed by atoms with Crippen molar-refractivity contribution >= 4 is 5.84 Å². The molecule has 0 aliphatic carbocycles. The summed E-state index contributed by atoms with van der Waals surface area (Å²) in [7, 11) is 4.22. The molecule has 0 spiro atoms. The first-order chi connectivity index (χ1) is 6.02. The minimum absolute atomic E-state index is 0.200. The Labute approximate surface area is 81.2 Å². The van der Waals surface area contributed by atoms with E-state index in [-0.39, 0.29) is 5.54 Å². The largest absolute Gasteiger partial charge is 0.372 e. The van der Waals surface area contributed by atoms with Gasteiger partial charge in [-0.15, -0.1) is 0 Å². The average molecular weight is 183 g/mol. The van der Waals surface area contributed by atoms with Gasteiger partial charge in [-0.2, -0.15) is 0 Å². The molecule has 0 bridgehead atoms. The minimum Gasteiger partial charge on any atom is -0.372 e. The first kappa shape index (κ1) is 10.5. The third-order valence-corrected chi connectivity index (χ3v) is 2.81. The second-order valence-corrected chi connectivity index (χ2v) is 4.49. The highest BCUT2D eigenvalue weighted by Crippen LogP contribution is 2.09. The monoisotopic (exact) mass is 183 g/mol. The Kier molecular flexibility index (Phi) is 3.31. The van der Waals surface area contributed by atoms with Gasteiger partial charge in [0, 0.05) is 25.0 Å². The summed E-state index contributed by atoms with van der Waals surface area (Å²) in [5.74, 6) is 1.19. The summed E-state index contributed by atoms with van der Waals surface area (Å²) in [5.41, 5.74) is 0.200. The van der Waals surface area contributed by atoms with Crippen LogP contribution in [0.5, 0.6) is 0 Å². The molecule has 0 radical (unpaired) electrons. The van der Waals surface area contributed by atoms with Crippen LogP contribution in [-0.2, 0) is 0 Å². The van der Waals surface area contributed by atoms with Gasteiger partial charge in [0.25, 0.3) is 0 Å². The Balaban J connectivity index is 2.32. The zero-order chi connectivity index (χ0) is 9.90. The number of hydrogen-bond donors (Lipinski definition) is 1. The van der Waals surface area contributed by atoms with Crippen LogP contribution in [0.2, 0.25) is 0 Å². The molecule has 0 aromatic carbocycles. The Hall–Kier alpha value is -0.570. The van der Waals surface area contributed by atoms with Crippen molar-refractivity contribution in [3.8, 4) is 0 Å². The molecular weight excluding hydrogens is 162 g/mol. The Morgan fingerprint density at radius 1 is 1.46 bits per heavy atom. The normalized spacial score (nSPS) is 17.8. The summed E-state index contributed by atoms with van der Waals surface area (Å²) in [5, 5.41) is 3.41. The van der Waals surface area contributed by atoms with E-state index in [1.165, 1.54) is 12.3 Å². The number of aliphatic imine (C=N–C) groups is 1. The van der Waals surface area contributed by atoms with Crippen LogP contribution >= 0.6 is 0 Å². The molecule has 0 saturated heterocycles. The van der Waals surface area contributed by atoms with Crippen molar-refractivity contribution in [2.75, 3.05) is 27.2 Å². The molecular formula is C10H21N3. The number of nitrogens with zero attached hydrogens (tertiary/aromatic N) is 2. The molecule has 0 aromatic heterocycles. The van der Waals surface area contributed by atoms with E-state index in [0.717, 1.165) is 19.5 Å². The van der Waals surface area contributed by atoms with E-state index in [4.69, 9.17) is 0 Å². The van der Waals surface area contributed by atoms with Gasteiger partial charge < -0.3 is 10.2 Å². The number of rotatable bonds is 3. The van der Waals surface area contributed by atoms with Gasteiger partial charge in [-0.1, -0.05) is 0 Å². The van der Waals surface area contributed by atoms with Crippen molar-refractivity contribution < 1.29 is 0 Å². The lowest BCUT2D eigenvalue weighted by Crippen LogP contribution is -2.47. The fourth-order valence-corrected chi connectivity index (χ4v) is 1.16. The third-order valence-electron chi connectivity index (χ3n) is 2.81. The minimum atomic E-state index is 0.200. The highest BCUT2D eigenvalue weighted by atomic mass is 15.2. The van der Waals surface area contributed by atoms with E-state index >= 15 is 0 Å². The molecule has 1 heterocycles. The summed E-state index contributed by atoms with van der Waals surface area (Å²) >= 11 is 0. The predicted octanol–water partition coefficient (Wildman–Crippen LogP) is 1.11. The molecule has 0 fully saturated rings. The van der Waals surface area contributed by atoms with E-state index in [1.807, 2.05) is 0 Å². The van der Waals surface area contributed by atoms with Crippen LogP contribution in [0.1, 0.15) is 26.7 Å². The molecule has 1 aliphatic rings. The lowest BCUT2D eigenvalue weighted by atomic mass is 10.0. The number of amidine groups is 1. The van der Waals surface area contributed by atoms with Gasteiger partial charge in [-0.3, -0.25) is 4.99 Å². The first-order valence-corrected chi connectivity index (χ1v) is 4.97. The zero-order valence-corrected chi connectivity index (χ0v) is 9.22. The van der Waals surface area contributed by atoms with Gasteiger partial charge in [0.15, 0.2) is 0 Å². The average Bonchev–Trinajstić information content (AvgIpc) is 2.52. The molecule has 0 aromatic rings. The molecule has 13 heavy (non-hydrogen) atoms. The molecule has 0 unspecified atom stereocenters. The van der Waals surface area contributed by atoms with E-state index in [0.29, 0.717) is 0 Å². The van der Waals surface area contributed by atoms with Gasteiger partial charge in [-0.05, 0) is 34.4 Å². The SMILES string of the molecule is CN(C)C(C)(C)CNC1=NCCC1. The Morgan fingerprint density at radius 2 is 2.15 bits per heavy atom. The molecule has 0 atom stereocenters. The third kappa shape index (κ3) is 2.99. The highest BCUT2D eigenvalue weighted by molar-refractivity contribution is 5.83. The van der Waals surface area contributed by atoms with Gasteiger partial charge >= 0.3 is 0 Å². The van der Waals surface area contributed by atoms with Crippen LogP contribution in [0.4, 0.5) is 0 Å². The van der Waals surface area contributed by atoms with Crippen LogP contribution in [0.3, 0.4) is 0 Å². The van der Waals surface area contributed by atoms with Gasteiger partial charge in [0.2, 0.25) is 0 Å². The second-order valence-electron chi connectivity index (χ2n) is 4.49. The Morgan fingerprint density at radius 3 is 2.62 bits per heavy atom. The standard InChI is InChI=1S/C10H21N3/c1-10(2,13(3)4)8-12-9-6-5-7-11-9/h5-8H2,1-4H3,(H,11,12). The van der Waals surface area contributed by atoms with Crippen LogP contribution in [0, 0.1) is 0 Å². The molecule has 1 N–H and O–H groups in total. The first-order valence-electron chi connectivity index (χ1n) is 4.97. The maximum absolute atomic E-state index is 4.39. The van der Waals surface area contributed by atoms with Crippen LogP contribution in [-0.4, -0.2) is 43.5 Å². The van der Waals surface area contributed by atoms with Crippen molar-refractivity contribution in [3.63, 3.8) is 0 Å². The van der Waals surface area contributed by atoms with Crippen LogP contribution < -0.4 is 5.32 Å². The van der Waals surface area contributed by atoms with Gasteiger partial charge in [0.1, 0.15) is 0 Å². The van der Waals surface area contributed by atoms with Crippen molar-refractivity contribution in [1.82, 2.24) is 10.2 Å². The molecule has 3 nitrogen and oxygen atoms in total. The van der Waals surface area contributed by atoms with Crippen LogP contribution in [0.15, 0.2) is 4.99 Å². The smallest absolute Gasteiger partial charge is 0.0964 e. The lowest BCUT2D eigenvalue weighted by molar-refractivity contribution is 0.198. The number of likely N-dealkylation sites (N-methyl/N-ethyl adjacent to an activating group) is 1. The van der Waals surface area contributed by atoms with E-state index < -0.39 is 0 Å². The second kappa shape index (κ2) is 4.09. The number of nitrogens with one attached hydrogen (secondary N) is 1. The highest BCUT2D eigenvalue weighted by Gasteiger charge is 2.20.